The molecule has 0 fully saturated rings. The van der Waals surface area contributed by atoms with E-state index in [0.29, 0.717) is 18.0 Å². The van der Waals surface area contributed by atoms with Gasteiger partial charge in [-0.3, -0.25) is 4.79 Å². The highest BCUT2D eigenvalue weighted by Gasteiger charge is 2.11. The zero-order valence-electron chi connectivity index (χ0n) is 12.2. The van der Waals surface area contributed by atoms with E-state index in [1.807, 2.05) is 38.1 Å². The third-order valence-corrected chi connectivity index (χ3v) is 2.90. The molecule has 2 aromatic rings. The molecule has 1 heterocycles. The maximum absolute atomic E-state index is 12.1. The third kappa shape index (κ3) is 3.98. The second-order valence-corrected chi connectivity index (χ2v) is 4.67. The van der Waals surface area contributed by atoms with Crippen molar-refractivity contribution in [1.29, 1.82) is 0 Å². The predicted molar refractivity (Wildman–Crippen MR) is 83.2 cm³/mol. The van der Waals surface area contributed by atoms with Crippen LogP contribution in [-0.4, -0.2) is 12.5 Å². The normalized spacial score (nSPS) is 9.86. The quantitative estimate of drug-likeness (QED) is 0.850. The van der Waals surface area contributed by atoms with Gasteiger partial charge < -0.3 is 15.5 Å². The van der Waals surface area contributed by atoms with Gasteiger partial charge in [0.1, 0.15) is 5.76 Å². The zero-order chi connectivity index (χ0) is 15.2. The van der Waals surface area contributed by atoms with E-state index in [2.05, 4.69) is 17.2 Å². The van der Waals surface area contributed by atoms with Crippen molar-refractivity contribution >= 4 is 11.6 Å². The second kappa shape index (κ2) is 6.78. The fraction of sp³-hybridized carbons (Fsp3) is 0.235. The molecular formula is C17H18N2O2. The Balaban J connectivity index is 2.18. The van der Waals surface area contributed by atoms with Crippen LogP contribution in [0.25, 0.3) is 0 Å². The van der Waals surface area contributed by atoms with Crippen LogP contribution in [0.5, 0.6) is 0 Å². The van der Waals surface area contributed by atoms with Crippen LogP contribution in [0.1, 0.15) is 34.4 Å². The topological polar surface area (TPSA) is 68.3 Å². The van der Waals surface area contributed by atoms with Gasteiger partial charge in [0.05, 0.1) is 6.54 Å². The fourth-order valence-electron chi connectivity index (χ4n) is 1.96. The Morgan fingerprint density at radius 2 is 2.14 bits per heavy atom. The molecule has 21 heavy (non-hydrogen) atoms. The summed E-state index contributed by atoms with van der Waals surface area (Å²) in [6.45, 7) is 4.23. The van der Waals surface area contributed by atoms with Crippen LogP contribution in [0.15, 0.2) is 34.7 Å². The van der Waals surface area contributed by atoms with Crippen molar-refractivity contribution in [2.75, 3.05) is 11.9 Å². The molecule has 1 aromatic carbocycles. The molecule has 0 saturated carbocycles. The molecule has 0 aliphatic rings. The first-order chi connectivity index (χ1) is 10.1. The summed E-state index contributed by atoms with van der Waals surface area (Å²) in [7, 11) is 0. The Kier molecular flexibility index (Phi) is 4.81. The van der Waals surface area contributed by atoms with E-state index in [-0.39, 0.29) is 5.91 Å². The molecule has 108 valence electrons. The van der Waals surface area contributed by atoms with Crippen LogP contribution in [0, 0.1) is 18.8 Å². The lowest BCUT2D eigenvalue weighted by Gasteiger charge is -2.05. The minimum atomic E-state index is -0.266. The number of carbonyl (C=O) groups excluding carboxylic acids is 1. The fourth-order valence-corrected chi connectivity index (χ4v) is 1.96. The van der Waals surface area contributed by atoms with Crippen molar-refractivity contribution in [3.63, 3.8) is 0 Å². The lowest BCUT2D eigenvalue weighted by molar-refractivity contribution is 0.0995. The summed E-state index contributed by atoms with van der Waals surface area (Å²) in [6, 6.07) is 9.13. The smallest absolute Gasteiger partial charge is 0.291 e. The van der Waals surface area contributed by atoms with E-state index in [4.69, 9.17) is 10.2 Å². The van der Waals surface area contributed by atoms with Gasteiger partial charge in [-0.2, -0.15) is 0 Å². The molecule has 3 N–H and O–H groups in total. The van der Waals surface area contributed by atoms with Crippen LogP contribution < -0.4 is 11.1 Å². The highest BCUT2D eigenvalue weighted by Crippen LogP contribution is 2.16. The molecule has 0 unspecified atom stereocenters. The molecule has 0 saturated heterocycles. The van der Waals surface area contributed by atoms with Crippen molar-refractivity contribution in [3.05, 3.63) is 53.0 Å². The van der Waals surface area contributed by atoms with Gasteiger partial charge in [-0.05, 0) is 42.8 Å². The summed E-state index contributed by atoms with van der Waals surface area (Å²) >= 11 is 0. The van der Waals surface area contributed by atoms with Gasteiger partial charge in [0.25, 0.3) is 5.91 Å². The number of carbonyl (C=O) groups is 1. The van der Waals surface area contributed by atoms with Crippen LogP contribution in [0.2, 0.25) is 0 Å². The highest BCUT2D eigenvalue weighted by atomic mass is 16.3. The summed E-state index contributed by atoms with van der Waals surface area (Å²) in [5.41, 5.74) is 7.90. The zero-order valence-corrected chi connectivity index (χ0v) is 12.2. The summed E-state index contributed by atoms with van der Waals surface area (Å²) in [6.07, 6.45) is 0.760. The molecule has 0 radical (unpaired) electrons. The number of benzene rings is 1. The van der Waals surface area contributed by atoms with E-state index in [1.165, 1.54) is 0 Å². The first kappa shape index (κ1) is 14.9. The van der Waals surface area contributed by atoms with E-state index in [0.717, 1.165) is 23.3 Å². The van der Waals surface area contributed by atoms with Crippen LogP contribution in [-0.2, 0) is 6.42 Å². The van der Waals surface area contributed by atoms with Gasteiger partial charge in [-0.25, -0.2) is 0 Å². The Labute approximate surface area is 124 Å². The van der Waals surface area contributed by atoms with Gasteiger partial charge in [-0.15, -0.1) is 0 Å². The van der Waals surface area contributed by atoms with Crippen LogP contribution >= 0.6 is 0 Å². The highest BCUT2D eigenvalue weighted by molar-refractivity contribution is 6.02. The molecule has 0 atom stereocenters. The van der Waals surface area contributed by atoms with Crippen LogP contribution in [0.4, 0.5) is 5.69 Å². The molecule has 0 aliphatic carbocycles. The molecule has 4 nitrogen and oxygen atoms in total. The largest absolute Gasteiger partial charge is 0.456 e. The molecule has 2 rings (SSSR count). The minimum absolute atomic E-state index is 0.266. The average molecular weight is 282 g/mol. The van der Waals surface area contributed by atoms with Crippen molar-refractivity contribution in [2.24, 2.45) is 5.73 Å². The van der Waals surface area contributed by atoms with Gasteiger partial charge in [0, 0.05) is 17.7 Å². The SMILES string of the molecule is CCc1ccc(C(=O)Nc2cc(C)cc(C#CCN)c2)o1. The Morgan fingerprint density at radius 1 is 1.33 bits per heavy atom. The maximum Gasteiger partial charge on any atom is 0.291 e. The third-order valence-electron chi connectivity index (χ3n) is 2.90. The van der Waals surface area contributed by atoms with Crippen molar-refractivity contribution < 1.29 is 9.21 Å². The number of furan rings is 1. The molecule has 4 heteroatoms. The van der Waals surface area contributed by atoms with E-state index in [9.17, 15) is 4.79 Å². The molecule has 0 aliphatic heterocycles. The van der Waals surface area contributed by atoms with Crippen molar-refractivity contribution in [2.45, 2.75) is 20.3 Å². The predicted octanol–water partition coefficient (Wildman–Crippen LogP) is 2.71. The number of hydrogen-bond donors (Lipinski definition) is 2. The van der Waals surface area contributed by atoms with Gasteiger partial charge in [-0.1, -0.05) is 18.8 Å². The number of aryl methyl sites for hydroxylation is 2. The molecular weight excluding hydrogens is 264 g/mol. The maximum atomic E-state index is 12.1. The van der Waals surface area contributed by atoms with E-state index >= 15 is 0 Å². The number of nitrogens with two attached hydrogens (primary N) is 1. The average Bonchev–Trinajstić information content (AvgIpc) is 2.93. The summed E-state index contributed by atoms with van der Waals surface area (Å²) in [4.78, 5) is 12.1. The Bertz CT molecular complexity index is 705. The Morgan fingerprint density at radius 3 is 2.81 bits per heavy atom. The van der Waals surface area contributed by atoms with Gasteiger partial charge in [0.15, 0.2) is 5.76 Å². The van der Waals surface area contributed by atoms with E-state index < -0.39 is 0 Å². The van der Waals surface area contributed by atoms with Crippen molar-refractivity contribution in [3.8, 4) is 11.8 Å². The lowest BCUT2D eigenvalue weighted by Crippen LogP contribution is -2.11. The summed E-state index contributed by atoms with van der Waals surface area (Å²) < 4.78 is 5.44. The number of amides is 1. The molecule has 0 spiro atoms. The van der Waals surface area contributed by atoms with Gasteiger partial charge >= 0.3 is 0 Å². The minimum Gasteiger partial charge on any atom is -0.456 e. The van der Waals surface area contributed by atoms with E-state index in [1.54, 1.807) is 6.07 Å². The van der Waals surface area contributed by atoms with Crippen molar-refractivity contribution in [1.82, 2.24) is 0 Å². The number of rotatable bonds is 3. The first-order valence-corrected chi connectivity index (χ1v) is 6.83. The standard InChI is InChI=1S/C17H18N2O2/c1-3-15-6-7-16(21-15)17(20)19-14-10-12(2)9-13(11-14)5-4-8-18/h6-7,9-11H,3,8,18H2,1-2H3,(H,19,20). The number of anilines is 1. The number of nitrogens with one attached hydrogen (secondary N) is 1. The molecule has 0 bridgehead atoms. The second-order valence-electron chi connectivity index (χ2n) is 4.67. The van der Waals surface area contributed by atoms with Gasteiger partial charge in [0.2, 0.25) is 0 Å². The molecule has 1 aromatic heterocycles. The lowest BCUT2D eigenvalue weighted by atomic mass is 10.1. The number of hydrogen-bond acceptors (Lipinski definition) is 3. The van der Waals surface area contributed by atoms with Crippen LogP contribution in [0.3, 0.4) is 0 Å². The summed E-state index contributed by atoms with van der Waals surface area (Å²) in [5.74, 6) is 6.60. The Hall–Kier alpha value is -2.51. The monoisotopic (exact) mass is 282 g/mol. The summed E-state index contributed by atoms with van der Waals surface area (Å²) in [5, 5.41) is 2.82. The molecule has 1 amide bonds. The first-order valence-electron chi connectivity index (χ1n) is 6.83.